The summed E-state index contributed by atoms with van der Waals surface area (Å²) in [6, 6.07) is 1.80. The van der Waals surface area contributed by atoms with E-state index in [1.807, 2.05) is 6.07 Å². The van der Waals surface area contributed by atoms with Gasteiger partial charge in [-0.15, -0.1) is 0 Å². The average Bonchev–Trinajstić information content (AvgIpc) is 3.24. The Balaban J connectivity index is 1.31. The lowest BCUT2D eigenvalue weighted by atomic mass is 9.84. The number of likely N-dealkylation sites (tertiary alicyclic amines) is 1. The Bertz CT molecular complexity index is 1230. The van der Waals surface area contributed by atoms with E-state index in [2.05, 4.69) is 19.9 Å². The third-order valence-corrected chi connectivity index (χ3v) is 7.23. The number of rotatable bonds is 3. The van der Waals surface area contributed by atoms with Crippen molar-refractivity contribution < 1.29 is 13.2 Å². The predicted molar refractivity (Wildman–Crippen MR) is 115 cm³/mol. The van der Waals surface area contributed by atoms with Crippen LogP contribution in [0.2, 0.25) is 0 Å². The summed E-state index contributed by atoms with van der Waals surface area (Å²) in [5.74, 6) is -0.762. The molecule has 0 radical (unpaired) electrons. The van der Waals surface area contributed by atoms with Crippen LogP contribution >= 0.6 is 0 Å². The van der Waals surface area contributed by atoms with E-state index in [-0.39, 0.29) is 18.9 Å². The molecule has 32 heavy (non-hydrogen) atoms. The molecule has 0 atom stereocenters. The van der Waals surface area contributed by atoms with Gasteiger partial charge >= 0.3 is 11.9 Å². The summed E-state index contributed by atoms with van der Waals surface area (Å²) >= 11 is 0. The standard InChI is InChI=1S/C22H26F3N5O2/c23-22(24,25)14-6-9-29(10-7-14)12-13-1-3-15(4-2-13)30-18-16-5-8-26-19(16)27-11-17(18)20(31)28-21(30)32/h5,8,11,13-15H,1-4,6-7,9-10,12H2,(H,26,27)(H,28,31,32)/t13-,15-. The fraction of sp³-hybridized carbons (Fsp3) is 0.591. The number of halogens is 3. The summed E-state index contributed by atoms with van der Waals surface area (Å²) in [5.41, 5.74) is 0.400. The van der Waals surface area contributed by atoms with Gasteiger partial charge in [0, 0.05) is 30.4 Å². The van der Waals surface area contributed by atoms with Crippen LogP contribution in [0.25, 0.3) is 21.9 Å². The van der Waals surface area contributed by atoms with E-state index in [0.717, 1.165) is 37.6 Å². The molecule has 1 aliphatic heterocycles. The molecule has 0 spiro atoms. The van der Waals surface area contributed by atoms with Crippen molar-refractivity contribution >= 4 is 21.9 Å². The number of hydrogen-bond donors (Lipinski definition) is 2. The zero-order valence-corrected chi connectivity index (χ0v) is 17.6. The van der Waals surface area contributed by atoms with Crippen LogP contribution in [-0.4, -0.2) is 50.2 Å². The van der Waals surface area contributed by atoms with Gasteiger partial charge in [0.05, 0.1) is 16.8 Å². The minimum absolute atomic E-state index is 0.0328. The van der Waals surface area contributed by atoms with Crippen LogP contribution in [0.1, 0.15) is 44.6 Å². The number of H-pyrrole nitrogens is 2. The first-order chi connectivity index (χ1) is 15.3. The number of piperidine rings is 1. The zero-order chi connectivity index (χ0) is 22.5. The van der Waals surface area contributed by atoms with Crippen molar-refractivity contribution in [1.82, 2.24) is 24.4 Å². The molecule has 4 heterocycles. The summed E-state index contributed by atoms with van der Waals surface area (Å²) in [6.07, 6.45) is 2.90. The number of nitrogens with zero attached hydrogens (tertiary/aromatic N) is 3. The first-order valence-corrected chi connectivity index (χ1v) is 11.2. The van der Waals surface area contributed by atoms with Crippen LogP contribution < -0.4 is 11.2 Å². The molecule has 2 fully saturated rings. The number of aromatic amines is 2. The van der Waals surface area contributed by atoms with Crippen molar-refractivity contribution in [3.63, 3.8) is 0 Å². The van der Waals surface area contributed by atoms with Crippen LogP contribution in [-0.2, 0) is 0 Å². The second kappa shape index (κ2) is 8.06. The number of fused-ring (bicyclic) bond motifs is 3. The molecular weight excluding hydrogens is 423 g/mol. The van der Waals surface area contributed by atoms with Crippen LogP contribution in [0.5, 0.6) is 0 Å². The number of alkyl halides is 3. The Morgan fingerprint density at radius 3 is 2.44 bits per heavy atom. The molecule has 1 saturated carbocycles. The second-order valence-corrected chi connectivity index (χ2v) is 9.18. The predicted octanol–water partition coefficient (Wildman–Crippen LogP) is 3.57. The third kappa shape index (κ3) is 3.85. The van der Waals surface area contributed by atoms with E-state index in [0.29, 0.717) is 35.6 Å². The van der Waals surface area contributed by atoms with Crippen LogP contribution in [0.3, 0.4) is 0 Å². The van der Waals surface area contributed by atoms with E-state index >= 15 is 0 Å². The van der Waals surface area contributed by atoms with Gasteiger partial charge in [0.2, 0.25) is 0 Å². The second-order valence-electron chi connectivity index (χ2n) is 9.18. The molecule has 172 valence electrons. The van der Waals surface area contributed by atoms with E-state index < -0.39 is 23.3 Å². The van der Waals surface area contributed by atoms with Gasteiger partial charge in [0.1, 0.15) is 5.65 Å². The first-order valence-electron chi connectivity index (χ1n) is 11.2. The monoisotopic (exact) mass is 449 g/mol. The SMILES string of the molecule is O=c1[nH]c(=O)n([C@H]2CC[C@H](CN3CCC(C(F)(F)F)CC3)CC2)c2c1cnc1[nH]ccc12. The molecule has 0 amide bonds. The van der Waals surface area contributed by atoms with Crippen molar-refractivity contribution in [2.45, 2.75) is 50.7 Å². The molecule has 0 unspecified atom stereocenters. The molecule has 1 aliphatic carbocycles. The highest BCUT2D eigenvalue weighted by atomic mass is 19.4. The Morgan fingerprint density at radius 2 is 1.75 bits per heavy atom. The summed E-state index contributed by atoms with van der Waals surface area (Å²) in [5, 5.41) is 1.15. The Kier molecular flexibility index (Phi) is 5.35. The van der Waals surface area contributed by atoms with Crippen molar-refractivity contribution in [2.75, 3.05) is 19.6 Å². The first kappa shape index (κ1) is 21.2. The smallest absolute Gasteiger partial charge is 0.346 e. The maximum atomic E-state index is 12.9. The lowest BCUT2D eigenvalue weighted by molar-refractivity contribution is -0.185. The summed E-state index contributed by atoms with van der Waals surface area (Å²) < 4.78 is 40.4. The van der Waals surface area contributed by atoms with Gasteiger partial charge in [-0.2, -0.15) is 13.2 Å². The van der Waals surface area contributed by atoms with Gasteiger partial charge in [-0.05, 0) is 63.6 Å². The highest BCUT2D eigenvalue weighted by molar-refractivity contribution is 6.01. The van der Waals surface area contributed by atoms with Crippen LogP contribution in [0.15, 0.2) is 28.0 Å². The van der Waals surface area contributed by atoms with Gasteiger partial charge in [0.25, 0.3) is 5.56 Å². The number of nitrogens with one attached hydrogen (secondary N) is 2. The largest absolute Gasteiger partial charge is 0.391 e. The highest BCUT2D eigenvalue weighted by Gasteiger charge is 2.41. The maximum absolute atomic E-state index is 12.9. The zero-order valence-electron chi connectivity index (χ0n) is 17.6. The van der Waals surface area contributed by atoms with E-state index in [9.17, 15) is 22.8 Å². The minimum Gasteiger partial charge on any atom is -0.346 e. The highest BCUT2D eigenvalue weighted by Crippen LogP contribution is 2.37. The normalized spacial score (nSPS) is 23.8. The number of pyridine rings is 1. The van der Waals surface area contributed by atoms with E-state index in [4.69, 9.17) is 0 Å². The Hall–Kier alpha value is -2.62. The molecule has 3 aromatic heterocycles. The van der Waals surface area contributed by atoms with Gasteiger partial charge in [0.15, 0.2) is 0 Å². The maximum Gasteiger partial charge on any atom is 0.391 e. The van der Waals surface area contributed by atoms with Crippen molar-refractivity contribution in [3.05, 3.63) is 39.3 Å². The molecule has 0 aromatic carbocycles. The Labute approximate surface area is 181 Å². The molecule has 3 aromatic rings. The molecule has 0 bridgehead atoms. The Morgan fingerprint density at radius 1 is 1.03 bits per heavy atom. The number of aromatic nitrogens is 4. The fourth-order valence-electron chi connectivity index (χ4n) is 5.49. The molecule has 10 heteroatoms. The van der Waals surface area contributed by atoms with E-state index in [1.165, 1.54) is 6.20 Å². The molecular formula is C22H26F3N5O2. The van der Waals surface area contributed by atoms with Gasteiger partial charge < -0.3 is 9.88 Å². The van der Waals surface area contributed by atoms with Gasteiger partial charge in [-0.25, -0.2) is 9.78 Å². The lowest BCUT2D eigenvalue weighted by Crippen LogP contribution is -2.42. The molecule has 7 nitrogen and oxygen atoms in total. The van der Waals surface area contributed by atoms with Crippen LogP contribution in [0, 0.1) is 11.8 Å². The lowest BCUT2D eigenvalue weighted by Gasteiger charge is -2.37. The molecule has 2 aliphatic rings. The van der Waals surface area contributed by atoms with Crippen molar-refractivity contribution in [3.8, 4) is 0 Å². The van der Waals surface area contributed by atoms with Gasteiger partial charge in [-0.1, -0.05) is 0 Å². The third-order valence-electron chi connectivity index (χ3n) is 7.23. The quantitative estimate of drug-likeness (QED) is 0.640. The number of hydrogen-bond acceptors (Lipinski definition) is 4. The van der Waals surface area contributed by atoms with Crippen LogP contribution in [0.4, 0.5) is 13.2 Å². The summed E-state index contributed by atoms with van der Waals surface area (Å²) in [7, 11) is 0. The molecule has 1 saturated heterocycles. The van der Waals surface area contributed by atoms with Crippen molar-refractivity contribution in [1.29, 1.82) is 0 Å². The molecule has 2 N–H and O–H groups in total. The van der Waals surface area contributed by atoms with E-state index in [1.54, 1.807) is 10.8 Å². The topological polar surface area (TPSA) is 86.8 Å². The summed E-state index contributed by atoms with van der Waals surface area (Å²) in [4.78, 5) is 37.1. The summed E-state index contributed by atoms with van der Waals surface area (Å²) in [6.45, 7) is 1.80. The molecule has 5 rings (SSSR count). The van der Waals surface area contributed by atoms with Crippen molar-refractivity contribution in [2.24, 2.45) is 11.8 Å². The average molecular weight is 449 g/mol. The minimum atomic E-state index is -4.09. The fourth-order valence-corrected chi connectivity index (χ4v) is 5.49. The van der Waals surface area contributed by atoms with Gasteiger partial charge in [-0.3, -0.25) is 14.3 Å².